The van der Waals surface area contributed by atoms with Crippen LogP contribution in [0.5, 0.6) is 0 Å². The third-order valence-electron chi connectivity index (χ3n) is 3.33. The zero-order valence-corrected chi connectivity index (χ0v) is 11.0. The van der Waals surface area contributed by atoms with Crippen molar-refractivity contribution in [2.75, 3.05) is 38.3 Å². The number of amides is 2. The Balaban J connectivity index is 1.84. The molecule has 2 rings (SSSR count). The SMILES string of the molecule is CNC1CCCN(C(=O)CN2CSCC2=O)C1. The molecule has 2 aliphatic rings. The van der Waals surface area contributed by atoms with Crippen molar-refractivity contribution in [3.8, 4) is 0 Å². The van der Waals surface area contributed by atoms with E-state index in [0.29, 0.717) is 17.7 Å². The molecule has 2 aliphatic heterocycles. The summed E-state index contributed by atoms with van der Waals surface area (Å²) >= 11 is 1.58. The van der Waals surface area contributed by atoms with Gasteiger partial charge in [-0.1, -0.05) is 0 Å². The zero-order chi connectivity index (χ0) is 12.3. The van der Waals surface area contributed by atoms with Gasteiger partial charge in [0.2, 0.25) is 11.8 Å². The molecular formula is C11H19N3O2S. The second-order valence-electron chi connectivity index (χ2n) is 4.54. The maximum absolute atomic E-state index is 12.1. The number of likely N-dealkylation sites (tertiary alicyclic amines) is 1. The van der Waals surface area contributed by atoms with Crippen molar-refractivity contribution in [1.29, 1.82) is 0 Å². The average molecular weight is 257 g/mol. The Hall–Kier alpha value is -0.750. The van der Waals surface area contributed by atoms with Crippen molar-refractivity contribution in [3.63, 3.8) is 0 Å². The summed E-state index contributed by atoms with van der Waals surface area (Å²) in [7, 11) is 1.93. The molecule has 1 N–H and O–H groups in total. The zero-order valence-electron chi connectivity index (χ0n) is 10.1. The van der Waals surface area contributed by atoms with Gasteiger partial charge in [0.1, 0.15) is 6.54 Å². The quantitative estimate of drug-likeness (QED) is 0.756. The first kappa shape index (κ1) is 12.7. The lowest BCUT2D eigenvalue weighted by Crippen LogP contribution is -2.50. The van der Waals surface area contributed by atoms with Gasteiger partial charge in [0.05, 0.1) is 11.6 Å². The van der Waals surface area contributed by atoms with Crippen molar-refractivity contribution < 1.29 is 9.59 Å². The molecule has 0 aromatic carbocycles. The van der Waals surface area contributed by atoms with Gasteiger partial charge < -0.3 is 15.1 Å². The fourth-order valence-corrected chi connectivity index (χ4v) is 3.15. The number of nitrogens with one attached hydrogen (secondary N) is 1. The van der Waals surface area contributed by atoms with Crippen LogP contribution in [0.2, 0.25) is 0 Å². The molecule has 2 saturated heterocycles. The molecule has 2 fully saturated rings. The Morgan fingerprint density at radius 3 is 3.06 bits per heavy atom. The molecule has 96 valence electrons. The number of hydrogen-bond donors (Lipinski definition) is 1. The Morgan fingerprint density at radius 2 is 2.41 bits per heavy atom. The van der Waals surface area contributed by atoms with E-state index in [1.807, 2.05) is 11.9 Å². The lowest BCUT2D eigenvalue weighted by molar-refractivity contribution is -0.138. The van der Waals surface area contributed by atoms with Gasteiger partial charge in [-0.3, -0.25) is 9.59 Å². The minimum atomic E-state index is 0.0841. The van der Waals surface area contributed by atoms with Crippen molar-refractivity contribution in [3.05, 3.63) is 0 Å². The molecule has 0 bridgehead atoms. The first-order chi connectivity index (χ1) is 8.20. The highest BCUT2D eigenvalue weighted by atomic mass is 32.2. The summed E-state index contributed by atoms with van der Waals surface area (Å²) in [5.74, 6) is 1.35. The third-order valence-corrected chi connectivity index (χ3v) is 4.28. The monoisotopic (exact) mass is 257 g/mol. The van der Waals surface area contributed by atoms with Crippen LogP contribution in [0, 0.1) is 0 Å². The molecule has 5 nitrogen and oxygen atoms in total. The number of piperidine rings is 1. The van der Waals surface area contributed by atoms with E-state index in [-0.39, 0.29) is 18.4 Å². The summed E-state index contributed by atoms with van der Waals surface area (Å²) in [5, 5.41) is 3.21. The first-order valence-electron chi connectivity index (χ1n) is 6.01. The molecule has 0 aliphatic carbocycles. The minimum absolute atomic E-state index is 0.0841. The maximum Gasteiger partial charge on any atom is 0.242 e. The van der Waals surface area contributed by atoms with E-state index in [0.717, 1.165) is 25.9 Å². The summed E-state index contributed by atoms with van der Waals surface area (Å²) in [5.41, 5.74) is 0. The summed E-state index contributed by atoms with van der Waals surface area (Å²) in [6.45, 7) is 1.85. The number of carbonyl (C=O) groups is 2. The molecule has 0 radical (unpaired) electrons. The van der Waals surface area contributed by atoms with Gasteiger partial charge in [-0.2, -0.15) is 0 Å². The molecule has 1 atom stereocenters. The summed E-state index contributed by atoms with van der Waals surface area (Å²) in [6.07, 6.45) is 2.17. The number of hydrogen-bond acceptors (Lipinski definition) is 4. The van der Waals surface area contributed by atoms with Gasteiger partial charge in [0.25, 0.3) is 0 Å². The lowest BCUT2D eigenvalue weighted by atomic mass is 10.1. The molecule has 0 saturated carbocycles. The fraction of sp³-hybridized carbons (Fsp3) is 0.818. The predicted molar refractivity (Wildman–Crippen MR) is 67.7 cm³/mol. The van der Waals surface area contributed by atoms with Gasteiger partial charge in [0, 0.05) is 19.1 Å². The van der Waals surface area contributed by atoms with Gasteiger partial charge in [-0.25, -0.2) is 0 Å². The molecule has 1 unspecified atom stereocenters. The second-order valence-corrected chi connectivity index (χ2v) is 5.49. The van der Waals surface area contributed by atoms with E-state index < -0.39 is 0 Å². The Bertz CT molecular complexity index is 311. The Labute approximate surface area is 106 Å². The summed E-state index contributed by atoms with van der Waals surface area (Å²) in [4.78, 5) is 27.0. The van der Waals surface area contributed by atoms with Crippen LogP contribution in [-0.2, 0) is 9.59 Å². The second kappa shape index (κ2) is 5.73. The first-order valence-corrected chi connectivity index (χ1v) is 7.16. The Kier molecular flexibility index (Phi) is 4.28. The van der Waals surface area contributed by atoms with Crippen molar-refractivity contribution in [2.45, 2.75) is 18.9 Å². The number of likely N-dealkylation sites (N-methyl/N-ethyl adjacent to an activating group) is 1. The van der Waals surface area contributed by atoms with Crippen LogP contribution in [0.1, 0.15) is 12.8 Å². The van der Waals surface area contributed by atoms with E-state index in [2.05, 4.69) is 5.32 Å². The number of rotatable bonds is 3. The maximum atomic E-state index is 12.1. The Morgan fingerprint density at radius 1 is 1.59 bits per heavy atom. The van der Waals surface area contributed by atoms with Crippen molar-refractivity contribution in [2.24, 2.45) is 0 Å². The van der Waals surface area contributed by atoms with Crippen LogP contribution >= 0.6 is 11.8 Å². The molecule has 0 aromatic rings. The van der Waals surface area contributed by atoms with E-state index >= 15 is 0 Å². The number of thioether (sulfide) groups is 1. The van der Waals surface area contributed by atoms with E-state index in [1.165, 1.54) is 0 Å². The highest BCUT2D eigenvalue weighted by Gasteiger charge is 2.27. The van der Waals surface area contributed by atoms with Crippen LogP contribution in [0.25, 0.3) is 0 Å². The molecule has 2 heterocycles. The van der Waals surface area contributed by atoms with Crippen molar-refractivity contribution >= 4 is 23.6 Å². The molecule has 17 heavy (non-hydrogen) atoms. The fourth-order valence-electron chi connectivity index (χ4n) is 2.24. The lowest BCUT2D eigenvalue weighted by Gasteiger charge is -2.33. The van der Waals surface area contributed by atoms with Gasteiger partial charge in [-0.15, -0.1) is 11.8 Å². The van der Waals surface area contributed by atoms with E-state index in [1.54, 1.807) is 16.7 Å². The van der Waals surface area contributed by atoms with E-state index in [9.17, 15) is 9.59 Å². The van der Waals surface area contributed by atoms with Crippen LogP contribution < -0.4 is 5.32 Å². The van der Waals surface area contributed by atoms with Crippen LogP contribution in [0.3, 0.4) is 0 Å². The normalized spacial score (nSPS) is 25.5. The highest BCUT2D eigenvalue weighted by Crippen LogP contribution is 2.16. The molecule has 2 amide bonds. The van der Waals surface area contributed by atoms with Crippen LogP contribution in [0.4, 0.5) is 0 Å². The van der Waals surface area contributed by atoms with Crippen LogP contribution in [-0.4, -0.2) is 66.0 Å². The van der Waals surface area contributed by atoms with E-state index in [4.69, 9.17) is 0 Å². The molecule has 0 spiro atoms. The molecular weight excluding hydrogens is 238 g/mol. The smallest absolute Gasteiger partial charge is 0.242 e. The largest absolute Gasteiger partial charge is 0.340 e. The molecule has 6 heteroatoms. The van der Waals surface area contributed by atoms with Gasteiger partial charge >= 0.3 is 0 Å². The van der Waals surface area contributed by atoms with Crippen molar-refractivity contribution in [1.82, 2.24) is 15.1 Å². The number of nitrogens with zero attached hydrogens (tertiary/aromatic N) is 2. The van der Waals surface area contributed by atoms with Gasteiger partial charge in [0.15, 0.2) is 0 Å². The topological polar surface area (TPSA) is 52.7 Å². The van der Waals surface area contributed by atoms with Crippen LogP contribution in [0.15, 0.2) is 0 Å². The average Bonchev–Trinajstić information content (AvgIpc) is 2.75. The highest BCUT2D eigenvalue weighted by molar-refractivity contribution is 8.00. The minimum Gasteiger partial charge on any atom is -0.340 e. The number of carbonyl (C=O) groups excluding carboxylic acids is 2. The predicted octanol–water partition coefficient (Wildman–Crippen LogP) is -0.270. The summed E-state index contributed by atoms with van der Waals surface area (Å²) < 4.78 is 0. The summed E-state index contributed by atoms with van der Waals surface area (Å²) in [6, 6.07) is 0.399. The standard InChI is InChI=1S/C11H19N3O2S/c1-12-9-3-2-4-13(5-9)10(15)6-14-8-17-7-11(14)16/h9,12H,2-8H2,1H3. The molecule has 0 aromatic heterocycles. The van der Waals surface area contributed by atoms with Gasteiger partial charge in [-0.05, 0) is 19.9 Å². The third kappa shape index (κ3) is 3.13.